The molecule has 90 valence electrons. The number of hydrogen-bond acceptors (Lipinski definition) is 3. The lowest BCUT2D eigenvalue weighted by molar-refractivity contribution is 0.176. The number of hydrogen-bond donors (Lipinski definition) is 1. The second-order valence-corrected chi connectivity index (χ2v) is 3.98. The normalized spacial score (nSPS) is 14.5. The second-order valence-electron chi connectivity index (χ2n) is 3.98. The Kier molecular flexibility index (Phi) is 5.29. The summed E-state index contributed by atoms with van der Waals surface area (Å²) in [5, 5.41) is 3.18. The van der Waals surface area contributed by atoms with Gasteiger partial charge >= 0.3 is 0 Å². The topological polar surface area (TPSA) is 30.5 Å². The quantitative estimate of drug-likeness (QED) is 0.802. The molecule has 0 aliphatic carbocycles. The van der Waals surface area contributed by atoms with Gasteiger partial charge in [-0.05, 0) is 38.6 Å². The van der Waals surface area contributed by atoms with Gasteiger partial charge in [-0.2, -0.15) is 0 Å². The average molecular weight is 223 g/mol. The highest BCUT2D eigenvalue weighted by molar-refractivity contribution is 5.28. The summed E-state index contributed by atoms with van der Waals surface area (Å²) in [5.41, 5.74) is 1.13. The van der Waals surface area contributed by atoms with Gasteiger partial charge in [0.05, 0.1) is 6.61 Å². The van der Waals surface area contributed by atoms with Gasteiger partial charge in [-0.3, -0.25) is 0 Å². The lowest BCUT2D eigenvalue weighted by atomic mass is 10.2. The number of ether oxygens (including phenoxy) is 2. The number of rotatable bonds is 6. The van der Waals surface area contributed by atoms with E-state index in [0.717, 1.165) is 11.3 Å². The SMILES string of the molecule is CNC(C)C(C)Oc1cccc(COC)c1. The molecule has 0 saturated heterocycles. The average Bonchev–Trinajstić information content (AvgIpc) is 2.29. The lowest BCUT2D eigenvalue weighted by Gasteiger charge is -2.21. The van der Waals surface area contributed by atoms with Gasteiger partial charge in [0.2, 0.25) is 0 Å². The molecule has 2 unspecified atom stereocenters. The highest BCUT2D eigenvalue weighted by atomic mass is 16.5. The first-order valence-electron chi connectivity index (χ1n) is 5.59. The molecule has 0 aromatic heterocycles. The van der Waals surface area contributed by atoms with Gasteiger partial charge in [-0.15, -0.1) is 0 Å². The predicted octanol–water partition coefficient (Wildman–Crippen LogP) is 2.21. The van der Waals surface area contributed by atoms with E-state index in [0.29, 0.717) is 12.6 Å². The molecule has 3 nitrogen and oxygen atoms in total. The van der Waals surface area contributed by atoms with Crippen LogP contribution in [0, 0.1) is 0 Å². The molecule has 1 aromatic carbocycles. The van der Waals surface area contributed by atoms with Gasteiger partial charge in [0.25, 0.3) is 0 Å². The lowest BCUT2D eigenvalue weighted by Crippen LogP contribution is -2.36. The minimum absolute atomic E-state index is 0.141. The molecular weight excluding hydrogens is 202 g/mol. The van der Waals surface area contributed by atoms with Crippen molar-refractivity contribution in [1.82, 2.24) is 5.32 Å². The summed E-state index contributed by atoms with van der Waals surface area (Å²) in [7, 11) is 3.63. The molecule has 0 radical (unpaired) electrons. The molecule has 1 N–H and O–H groups in total. The fourth-order valence-corrected chi connectivity index (χ4v) is 1.43. The molecule has 0 spiro atoms. The van der Waals surface area contributed by atoms with E-state index >= 15 is 0 Å². The van der Waals surface area contributed by atoms with Crippen LogP contribution in [-0.2, 0) is 11.3 Å². The highest BCUT2D eigenvalue weighted by Crippen LogP contribution is 2.16. The van der Waals surface area contributed by atoms with Crippen molar-refractivity contribution in [3.63, 3.8) is 0 Å². The van der Waals surface area contributed by atoms with Crippen molar-refractivity contribution >= 4 is 0 Å². The van der Waals surface area contributed by atoms with E-state index in [9.17, 15) is 0 Å². The van der Waals surface area contributed by atoms with Gasteiger partial charge < -0.3 is 14.8 Å². The Bertz CT molecular complexity index is 315. The Morgan fingerprint density at radius 2 is 2.06 bits per heavy atom. The molecule has 0 saturated carbocycles. The molecule has 0 aliphatic heterocycles. The molecule has 1 aromatic rings. The van der Waals surface area contributed by atoms with Crippen LogP contribution in [0.25, 0.3) is 0 Å². The third-order valence-corrected chi connectivity index (χ3v) is 2.69. The summed E-state index contributed by atoms with van der Waals surface area (Å²) in [6.45, 7) is 4.78. The summed E-state index contributed by atoms with van der Waals surface area (Å²) in [6.07, 6.45) is 0.141. The third-order valence-electron chi connectivity index (χ3n) is 2.69. The van der Waals surface area contributed by atoms with Crippen LogP contribution < -0.4 is 10.1 Å². The monoisotopic (exact) mass is 223 g/mol. The van der Waals surface area contributed by atoms with E-state index in [-0.39, 0.29) is 6.10 Å². The molecule has 1 rings (SSSR count). The van der Waals surface area contributed by atoms with Gasteiger partial charge in [0.15, 0.2) is 0 Å². The molecule has 0 heterocycles. The summed E-state index contributed by atoms with van der Waals surface area (Å²) in [6, 6.07) is 8.33. The smallest absolute Gasteiger partial charge is 0.120 e. The van der Waals surface area contributed by atoms with E-state index in [2.05, 4.69) is 19.2 Å². The fraction of sp³-hybridized carbons (Fsp3) is 0.538. The summed E-state index contributed by atoms with van der Waals surface area (Å²) in [5.74, 6) is 0.893. The van der Waals surface area contributed by atoms with E-state index in [4.69, 9.17) is 9.47 Å². The largest absolute Gasteiger partial charge is 0.489 e. The molecule has 0 amide bonds. The standard InChI is InChI=1S/C13H21NO2/c1-10(14-3)11(2)16-13-7-5-6-12(8-13)9-15-4/h5-8,10-11,14H,9H2,1-4H3. The van der Waals surface area contributed by atoms with Crippen LogP contribution in [0.15, 0.2) is 24.3 Å². The zero-order valence-corrected chi connectivity index (χ0v) is 10.5. The van der Waals surface area contributed by atoms with Crippen molar-refractivity contribution in [2.45, 2.75) is 32.6 Å². The van der Waals surface area contributed by atoms with Crippen LogP contribution in [0.1, 0.15) is 19.4 Å². The zero-order valence-electron chi connectivity index (χ0n) is 10.5. The maximum atomic E-state index is 5.84. The Morgan fingerprint density at radius 3 is 2.69 bits per heavy atom. The highest BCUT2D eigenvalue weighted by Gasteiger charge is 2.11. The number of likely N-dealkylation sites (N-methyl/N-ethyl adjacent to an activating group) is 1. The minimum atomic E-state index is 0.141. The molecule has 0 aliphatic rings. The third kappa shape index (κ3) is 3.83. The van der Waals surface area contributed by atoms with Gasteiger partial charge in [0.1, 0.15) is 11.9 Å². The van der Waals surface area contributed by atoms with Gasteiger partial charge in [0, 0.05) is 13.2 Å². The maximum absolute atomic E-state index is 5.84. The van der Waals surface area contributed by atoms with Crippen LogP contribution >= 0.6 is 0 Å². The summed E-state index contributed by atoms with van der Waals surface area (Å²) >= 11 is 0. The van der Waals surface area contributed by atoms with Crippen molar-refractivity contribution in [3.8, 4) is 5.75 Å². The Labute approximate surface area is 97.8 Å². The Hall–Kier alpha value is -1.06. The molecule has 16 heavy (non-hydrogen) atoms. The first-order chi connectivity index (χ1) is 7.67. The van der Waals surface area contributed by atoms with Crippen LogP contribution in [0.4, 0.5) is 0 Å². The maximum Gasteiger partial charge on any atom is 0.120 e. The van der Waals surface area contributed by atoms with E-state index < -0.39 is 0 Å². The minimum Gasteiger partial charge on any atom is -0.489 e. The summed E-state index contributed by atoms with van der Waals surface area (Å²) < 4.78 is 10.9. The van der Waals surface area contributed by atoms with Crippen LogP contribution in [-0.4, -0.2) is 26.3 Å². The number of benzene rings is 1. The molecule has 0 fully saturated rings. The van der Waals surface area contributed by atoms with Crippen molar-refractivity contribution in [2.75, 3.05) is 14.2 Å². The molecule has 0 bridgehead atoms. The van der Waals surface area contributed by atoms with Crippen LogP contribution in [0.3, 0.4) is 0 Å². The van der Waals surface area contributed by atoms with Crippen molar-refractivity contribution in [1.29, 1.82) is 0 Å². The summed E-state index contributed by atoms with van der Waals surface area (Å²) in [4.78, 5) is 0. The van der Waals surface area contributed by atoms with E-state index in [1.165, 1.54) is 0 Å². The predicted molar refractivity (Wildman–Crippen MR) is 65.8 cm³/mol. The number of nitrogens with one attached hydrogen (secondary N) is 1. The first-order valence-corrected chi connectivity index (χ1v) is 5.59. The van der Waals surface area contributed by atoms with Crippen molar-refractivity contribution in [3.05, 3.63) is 29.8 Å². The zero-order chi connectivity index (χ0) is 12.0. The fourth-order valence-electron chi connectivity index (χ4n) is 1.43. The molecular formula is C13H21NO2. The van der Waals surface area contributed by atoms with Gasteiger partial charge in [-0.1, -0.05) is 12.1 Å². The van der Waals surface area contributed by atoms with Gasteiger partial charge in [-0.25, -0.2) is 0 Å². The van der Waals surface area contributed by atoms with E-state index in [1.54, 1.807) is 7.11 Å². The van der Waals surface area contributed by atoms with Crippen molar-refractivity contribution in [2.24, 2.45) is 0 Å². The van der Waals surface area contributed by atoms with E-state index in [1.807, 2.05) is 31.3 Å². The Balaban J connectivity index is 2.62. The van der Waals surface area contributed by atoms with Crippen LogP contribution in [0.5, 0.6) is 5.75 Å². The first kappa shape index (κ1) is 13.0. The number of methoxy groups -OCH3 is 1. The van der Waals surface area contributed by atoms with Crippen molar-refractivity contribution < 1.29 is 9.47 Å². The van der Waals surface area contributed by atoms with Crippen LogP contribution in [0.2, 0.25) is 0 Å². The Morgan fingerprint density at radius 1 is 1.31 bits per heavy atom. The second kappa shape index (κ2) is 6.51. The molecule has 3 heteroatoms. The molecule has 2 atom stereocenters.